The van der Waals surface area contributed by atoms with Crippen molar-refractivity contribution in [2.24, 2.45) is 0 Å². The summed E-state index contributed by atoms with van der Waals surface area (Å²) in [5.41, 5.74) is 2.42. The summed E-state index contributed by atoms with van der Waals surface area (Å²) >= 11 is 0. The molecule has 4 rings (SSSR count). The molecule has 140 valence electrons. The molecule has 0 aliphatic carbocycles. The van der Waals surface area contributed by atoms with Crippen molar-refractivity contribution in [1.29, 1.82) is 0 Å². The number of benzene rings is 1. The van der Waals surface area contributed by atoms with Crippen molar-refractivity contribution < 1.29 is 14.3 Å². The number of carbonyl (C=O) groups excluding carboxylic acids is 1. The average molecular weight is 367 g/mol. The highest BCUT2D eigenvalue weighted by molar-refractivity contribution is 5.81. The Morgan fingerprint density at radius 3 is 2.89 bits per heavy atom. The van der Waals surface area contributed by atoms with Gasteiger partial charge >= 0.3 is 0 Å². The molecule has 1 amide bonds. The van der Waals surface area contributed by atoms with E-state index in [1.54, 1.807) is 18.0 Å². The first-order chi connectivity index (χ1) is 13.1. The molecule has 0 spiro atoms. The smallest absolute Gasteiger partial charge is 0.249 e. The number of hydrogen-bond donors (Lipinski definition) is 1. The van der Waals surface area contributed by atoms with E-state index in [-0.39, 0.29) is 18.1 Å². The topological polar surface area (TPSA) is 90.6 Å². The summed E-state index contributed by atoms with van der Waals surface area (Å²) in [6, 6.07) is 9.22. The minimum Gasteiger partial charge on any atom is -0.497 e. The molecule has 1 saturated heterocycles. The van der Waals surface area contributed by atoms with Crippen LogP contribution in [0.1, 0.15) is 31.6 Å². The van der Waals surface area contributed by atoms with Gasteiger partial charge in [0.15, 0.2) is 11.5 Å². The SMILES string of the molecule is COc1ccc(-c2cc3nc([C@H](C)NC(=O)[C@@H]4CCCO4)nn3cn2)cc1. The Bertz CT molecular complexity index is 948. The van der Waals surface area contributed by atoms with Crippen LogP contribution in [0.3, 0.4) is 0 Å². The zero-order valence-electron chi connectivity index (χ0n) is 15.3. The molecule has 0 saturated carbocycles. The van der Waals surface area contributed by atoms with Gasteiger partial charge < -0.3 is 14.8 Å². The molecule has 2 aromatic heterocycles. The van der Waals surface area contributed by atoms with Crippen molar-refractivity contribution >= 4 is 11.6 Å². The molecule has 1 fully saturated rings. The van der Waals surface area contributed by atoms with Gasteiger partial charge in [-0.3, -0.25) is 4.79 Å². The van der Waals surface area contributed by atoms with Gasteiger partial charge in [0.1, 0.15) is 18.2 Å². The van der Waals surface area contributed by atoms with Crippen molar-refractivity contribution in [3.63, 3.8) is 0 Å². The van der Waals surface area contributed by atoms with Gasteiger partial charge in [0.2, 0.25) is 5.91 Å². The quantitative estimate of drug-likeness (QED) is 0.743. The Morgan fingerprint density at radius 2 is 2.19 bits per heavy atom. The van der Waals surface area contributed by atoms with Crippen molar-refractivity contribution in [2.45, 2.75) is 31.9 Å². The Labute approximate surface area is 156 Å². The number of fused-ring (bicyclic) bond motifs is 1. The van der Waals surface area contributed by atoms with Crippen LogP contribution in [0, 0.1) is 0 Å². The van der Waals surface area contributed by atoms with Gasteiger partial charge in [0.05, 0.1) is 18.8 Å². The molecule has 1 N–H and O–H groups in total. The number of nitrogens with zero attached hydrogens (tertiary/aromatic N) is 4. The number of amides is 1. The van der Waals surface area contributed by atoms with Gasteiger partial charge in [-0.15, -0.1) is 5.10 Å². The van der Waals surface area contributed by atoms with Gasteiger partial charge in [-0.25, -0.2) is 14.5 Å². The van der Waals surface area contributed by atoms with E-state index in [1.807, 2.05) is 37.3 Å². The third-order valence-corrected chi connectivity index (χ3v) is 4.60. The summed E-state index contributed by atoms with van der Waals surface area (Å²) in [6.07, 6.45) is 2.93. The minimum absolute atomic E-state index is 0.115. The first-order valence-electron chi connectivity index (χ1n) is 8.93. The summed E-state index contributed by atoms with van der Waals surface area (Å²) in [4.78, 5) is 21.2. The minimum atomic E-state index is -0.368. The van der Waals surface area contributed by atoms with Crippen LogP contribution in [-0.4, -0.2) is 45.3 Å². The van der Waals surface area contributed by atoms with E-state index in [0.29, 0.717) is 18.1 Å². The van der Waals surface area contributed by atoms with Crippen molar-refractivity contribution in [2.75, 3.05) is 13.7 Å². The maximum atomic E-state index is 12.2. The number of ether oxygens (including phenoxy) is 2. The Hall–Kier alpha value is -3.00. The lowest BCUT2D eigenvalue weighted by atomic mass is 10.1. The molecular weight excluding hydrogens is 346 g/mol. The van der Waals surface area contributed by atoms with Crippen LogP contribution in [0.2, 0.25) is 0 Å². The zero-order valence-corrected chi connectivity index (χ0v) is 15.3. The van der Waals surface area contributed by atoms with Gasteiger partial charge in [-0.1, -0.05) is 0 Å². The second kappa shape index (κ2) is 7.32. The summed E-state index contributed by atoms with van der Waals surface area (Å²) in [5, 5.41) is 7.34. The number of rotatable bonds is 5. The van der Waals surface area contributed by atoms with Crippen LogP contribution >= 0.6 is 0 Å². The van der Waals surface area contributed by atoms with Crippen molar-refractivity contribution in [3.05, 3.63) is 42.5 Å². The number of hydrogen-bond acceptors (Lipinski definition) is 6. The molecule has 0 bridgehead atoms. The maximum absolute atomic E-state index is 12.2. The van der Waals surface area contributed by atoms with Gasteiger partial charge in [0, 0.05) is 18.2 Å². The lowest BCUT2D eigenvalue weighted by Crippen LogP contribution is -2.36. The highest BCUT2D eigenvalue weighted by Gasteiger charge is 2.26. The zero-order chi connectivity index (χ0) is 18.8. The first kappa shape index (κ1) is 17.4. The third-order valence-electron chi connectivity index (χ3n) is 4.60. The molecule has 1 aliphatic heterocycles. The first-order valence-corrected chi connectivity index (χ1v) is 8.93. The van der Waals surface area contributed by atoms with E-state index in [1.165, 1.54) is 0 Å². The molecule has 1 aromatic carbocycles. The fraction of sp³-hybridized carbons (Fsp3) is 0.368. The van der Waals surface area contributed by atoms with E-state index in [2.05, 4.69) is 20.4 Å². The summed E-state index contributed by atoms with van der Waals surface area (Å²) in [5.74, 6) is 1.21. The molecule has 0 radical (unpaired) electrons. The van der Waals surface area contributed by atoms with Crippen LogP contribution < -0.4 is 10.1 Å². The van der Waals surface area contributed by atoms with Crippen molar-refractivity contribution in [1.82, 2.24) is 24.9 Å². The molecule has 8 heteroatoms. The summed E-state index contributed by atoms with van der Waals surface area (Å²) in [7, 11) is 1.63. The van der Waals surface area contributed by atoms with E-state index >= 15 is 0 Å². The molecule has 27 heavy (non-hydrogen) atoms. The fourth-order valence-corrected chi connectivity index (χ4v) is 3.07. The van der Waals surface area contributed by atoms with Crippen LogP contribution in [-0.2, 0) is 9.53 Å². The molecular formula is C19H21N5O3. The lowest BCUT2D eigenvalue weighted by molar-refractivity contribution is -0.130. The van der Waals surface area contributed by atoms with Crippen molar-refractivity contribution in [3.8, 4) is 17.0 Å². The predicted octanol–water partition coefficient (Wildman–Crippen LogP) is 2.16. The van der Waals surface area contributed by atoms with Gasteiger partial charge in [0.25, 0.3) is 0 Å². The van der Waals surface area contributed by atoms with Crippen LogP contribution in [0.25, 0.3) is 16.9 Å². The summed E-state index contributed by atoms with van der Waals surface area (Å²) in [6.45, 7) is 2.50. The Kier molecular flexibility index (Phi) is 4.72. The highest BCUT2D eigenvalue weighted by Crippen LogP contribution is 2.22. The monoisotopic (exact) mass is 367 g/mol. The standard InChI is InChI=1S/C19H21N5O3/c1-12(21-19(25)16-4-3-9-27-16)18-22-17-10-15(20-11-24(17)23-18)13-5-7-14(26-2)8-6-13/h5-8,10-12,16H,3-4,9H2,1-2H3,(H,21,25)/t12-,16-/m0/s1. The number of aromatic nitrogens is 4. The lowest BCUT2D eigenvalue weighted by Gasteiger charge is -2.14. The predicted molar refractivity (Wildman–Crippen MR) is 98.3 cm³/mol. The van der Waals surface area contributed by atoms with Crippen LogP contribution in [0.15, 0.2) is 36.7 Å². The number of carbonyl (C=O) groups is 1. The molecule has 1 aliphatic rings. The van der Waals surface area contributed by atoms with Crippen LogP contribution in [0.5, 0.6) is 5.75 Å². The Morgan fingerprint density at radius 1 is 1.37 bits per heavy atom. The normalized spacial score (nSPS) is 17.8. The molecule has 8 nitrogen and oxygen atoms in total. The second-order valence-corrected chi connectivity index (χ2v) is 6.51. The van der Waals surface area contributed by atoms with E-state index in [0.717, 1.165) is 29.8 Å². The van der Waals surface area contributed by atoms with Crippen LogP contribution in [0.4, 0.5) is 0 Å². The third kappa shape index (κ3) is 3.61. The molecule has 0 unspecified atom stereocenters. The Balaban J connectivity index is 1.53. The van der Waals surface area contributed by atoms with Gasteiger partial charge in [-0.05, 0) is 44.0 Å². The van der Waals surface area contributed by atoms with E-state index in [4.69, 9.17) is 9.47 Å². The van der Waals surface area contributed by atoms with E-state index in [9.17, 15) is 4.79 Å². The number of nitrogens with one attached hydrogen (secondary N) is 1. The average Bonchev–Trinajstić information content (AvgIpc) is 3.37. The highest BCUT2D eigenvalue weighted by atomic mass is 16.5. The molecule has 3 aromatic rings. The fourth-order valence-electron chi connectivity index (χ4n) is 3.07. The molecule has 3 heterocycles. The second-order valence-electron chi connectivity index (χ2n) is 6.51. The van der Waals surface area contributed by atoms with Gasteiger partial charge in [-0.2, -0.15) is 0 Å². The number of methoxy groups -OCH3 is 1. The summed E-state index contributed by atoms with van der Waals surface area (Å²) < 4.78 is 12.2. The van der Waals surface area contributed by atoms with E-state index < -0.39 is 0 Å². The maximum Gasteiger partial charge on any atom is 0.249 e. The largest absolute Gasteiger partial charge is 0.497 e. The molecule has 2 atom stereocenters.